The summed E-state index contributed by atoms with van der Waals surface area (Å²) < 4.78 is 18.7. The van der Waals surface area contributed by atoms with E-state index < -0.39 is 23.1 Å². The van der Waals surface area contributed by atoms with Gasteiger partial charge >= 0.3 is 6.09 Å². The van der Waals surface area contributed by atoms with Crippen molar-refractivity contribution in [3.05, 3.63) is 29.6 Å². The summed E-state index contributed by atoms with van der Waals surface area (Å²) in [5.74, 6) is -0.403. The molecule has 1 atom stereocenters. The molecule has 0 aliphatic carbocycles. The monoisotopic (exact) mass is 310 g/mol. The summed E-state index contributed by atoms with van der Waals surface area (Å²) in [6.45, 7) is 6.48. The number of carbonyl (C=O) groups excluding carboxylic acids is 1. The smallest absolute Gasteiger partial charge is 0.412 e. The highest BCUT2D eigenvalue weighted by Crippen LogP contribution is 2.26. The van der Waals surface area contributed by atoms with Gasteiger partial charge in [0.15, 0.2) is 0 Å². The highest BCUT2D eigenvalue weighted by atomic mass is 19.1. The van der Waals surface area contributed by atoms with Crippen LogP contribution in [-0.4, -0.2) is 35.5 Å². The Morgan fingerprint density at radius 1 is 1.50 bits per heavy atom. The minimum Gasteiger partial charge on any atom is -0.444 e. The first-order valence-corrected chi connectivity index (χ1v) is 7.38. The van der Waals surface area contributed by atoms with Crippen LogP contribution in [0.5, 0.6) is 0 Å². The molecule has 0 aromatic heterocycles. The lowest BCUT2D eigenvalue weighted by Crippen LogP contribution is -2.34. The molecule has 0 saturated carbocycles. The standard InChI is InChI=1S/C16H23FN2O3/c1-15(2,3)22-14(20)19-13-5-4-12(17)8-11(13)9-16(21)6-7-18-10-16/h4-5,8,18,21H,6-7,9-10H2,1-3H3,(H,19,20). The Kier molecular flexibility index (Phi) is 4.72. The van der Waals surface area contributed by atoms with Gasteiger partial charge < -0.3 is 15.2 Å². The number of nitrogens with one attached hydrogen (secondary N) is 2. The third-order valence-electron chi connectivity index (χ3n) is 3.44. The molecule has 122 valence electrons. The number of halogens is 1. The van der Waals surface area contributed by atoms with Crippen LogP contribution in [0.4, 0.5) is 14.9 Å². The summed E-state index contributed by atoms with van der Waals surface area (Å²) in [6, 6.07) is 4.09. The van der Waals surface area contributed by atoms with Crippen LogP contribution in [0.15, 0.2) is 18.2 Å². The van der Waals surface area contributed by atoms with Crippen molar-refractivity contribution in [1.29, 1.82) is 0 Å². The van der Waals surface area contributed by atoms with Gasteiger partial charge in [-0.2, -0.15) is 0 Å². The second kappa shape index (κ2) is 6.22. The van der Waals surface area contributed by atoms with E-state index in [4.69, 9.17) is 4.74 Å². The molecule has 6 heteroatoms. The highest BCUT2D eigenvalue weighted by Gasteiger charge is 2.32. The molecule has 0 spiro atoms. The van der Waals surface area contributed by atoms with E-state index in [9.17, 15) is 14.3 Å². The Morgan fingerprint density at radius 3 is 2.82 bits per heavy atom. The SMILES string of the molecule is CC(C)(C)OC(=O)Nc1ccc(F)cc1CC1(O)CCNC1. The van der Waals surface area contributed by atoms with Gasteiger partial charge in [-0.1, -0.05) is 0 Å². The van der Waals surface area contributed by atoms with Crippen molar-refractivity contribution in [2.24, 2.45) is 0 Å². The van der Waals surface area contributed by atoms with Gasteiger partial charge in [0.1, 0.15) is 11.4 Å². The van der Waals surface area contributed by atoms with Crippen LogP contribution in [0.3, 0.4) is 0 Å². The van der Waals surface area contributed by atoms with Crippen molar-refractivity contribution < 1.29 is 19.0 Å². The van der Waals surface area contributed by atoms with Crippen molar-refractivity contribution in [3.63, 3.8) is 0 Å². The maximum atomic E-state index is 13.5. The summed E-state index contributed by atoms with van der Waals surface area (Å²) >= 11 is 0. The number of anilines is 1. The molecule has 2 rings (SSSR count). The fraction of sp³-hybridized carbons (Fsp3) is 0.562. The lowest BCUT2D eigenvalue weighted by Gasteiger charge is -2.24. The molecule has 3 N–H and O–H groups in total. The van der Waals surface area contributed by atoms with E-state index in [1.54, 1.807) is 20.8 Å². The molecule has 1 aliphatic rings. The molecule has 1 saturated heterocycles. The van der Waals surface area contributed by atoms with Gasteiger partial charge in [0.05, 0.1) is 5.60 Å². The number of amides is 1. The summed E-state index contributed by atoms with van der Waals surface area (Å²) in [6.07, 6.45) is 0.259. The van der Waals surface area contributed by atoms with Crippen molar-refractivity contribution in [2.45, 2.75) is 44.8 Å². The first-order chi connectivity index (χ1) is 10.2. The van der Waals surface area contributed by atoms with Crippen LogP contribution in [0, 0.1) is 5.82 Å². The topological polar surface area (TPSA) is 70.6 Å². The predicted molar refractivity (Wildman–Crippen MR) is 82.4 cm³/mol. The number of carbonyl (C=O) groups is 1. The molecule has 1 fully saturated rings. The van der Waals surface area contributed by atoms with Crippen LogP contribution in [-0.2, 0) is 11.2 Å². The molecular formula is C16H23FN2O3. The van der Waals surface area contributed by atoms with Gasteiger partial charge in [-0.3, -0.25) is 5.32 Å². The zero-order valence-electron chi connectivity index (χ0n) is 13.2. The molecule has 1 heterocycles. The first kappa shape index (κ1) is 16.7. The molecule has 5 nitrogen and oxygen atoms in total. The van der Waals surface area contributed by atoms with E-state index in [0.29, 0.717) is 24.2 Å². The van der Waals surface area contributed by atoms with Crippen molar-refractivity contribution in [2.75, 3.05) is 18.4 Å². The fourth-order valence-corrected chi connectivity index (χ4v) is 2.48. The van der Waals surface area contributed by atoms with Crippen molar-refractivity contribution >= 4 is 11.8 Å². The summed E-state index contributed by atoms with van der Waals surface area (Å²) in [5.41, 5.74) is -0.524. The molecule has 1 aliphatic heterocycles. The van der Waals surface area contributed by atoms with Gasteiger partial charge in [-0.25, -0.2) is 9.18 Å². The maximum Gasteiger partial charge on any atom is 0.412 e. The lowest BCUT2D eigenvalue weighted by atomic mass is 9.93. The summed E-state index contributed by atoms with van der Waals surface area (Å²) in [5, 5.41) is 16.2. The second-order valence-corrected chi connectivity index (χ2v) is 6.76. The van der Waals surface area contributed by atoms with Crippen LogP contribution < -0.4 is 10.6 Å². The van der Waals surface area contributed by atoms with E-state index in [0.717, 1.165) is 6.54 Å². The third-order valence-corrected chi connectivity index (χ3v) is 3.44. The van der Waals surface area contributed by atoms with Gasteiger partial charge in [-0.15, -0.1) is 0 Å². The Labute approximate surface area is 129 Å². The average molecular weight is 310 g/mol. The van der Waals surface area contributed by atoms with Crippen LogP contribution in [0.2, 0.25) is 0 Å². The number of benzene rings is 1. The Hall–Kier alpha value is -1.66. The molecule has 1 aromatic carbocycles. The molecular weight excluding hydrogens is 287 g/mol. The van der Waals surface area contributed by atoms with E-state index in [-0.39, 0.29) is 6.42 Å². The van der Waals surface area contributed by atoms with E-state index in [1.807, 2.05) is 0 Å². The van der Waals surface area contributed by atoms with Crippen LogP contribution >= 0.6 is 0 Å². The Morgan fingerprint density at radius 2 is 2.23 bits per heavy atom. The minimum absolute atomic E-state index is 0.267. The van der Waals surface area contributed by atoms with Gasteiger partial charge in [0.25, 0.3) is 0 Å². The Balaban J connectivity index is 2.15. The largest absolute Gasteiger partial charge is 0.444 e. The predicted octanol–water partition coefficient (Wildman–Crippen LogP) is 2.44. The molecule has 1 unspecified atom stereocenters. The van der Waals surface area contributed by atoms with Crippen molar-refractivity contribution in [3.8, 4) is 0 Å². The zero-order valence-corrected chi connectivity index (χ0v) is 13.2. The quantitative estimate of drug-likeness (QED) is 0.802. The van der Waals surface area contributed by atoms with E-state index >= 15 is 0 Å². The number of rotatable bonds is 3. The number of β-amino-alcohol motifs (C(OH)–C–C–N with tert-alkyl or cyclic N) is 1. The van der Waals surface area contributed by atoms with Crippen LogP contribution in [0.25, 0.3) is 0 Å². The van der Waals surface area contributed by atoms with Crippen LogP contribution in [0.1, 0.15) is 32.8 Å². The maximum absolute atomic E-state index is 13.5. The normalized spacial score (nSPS) is 21.7. The van der Waals surface area contributed by atoms with Crippen molar-refractivity contribution in [1.82, 2.24) is 5.32 Å². The molecule has 1 amide bonds. The number of aliphatic hydroxyl groups is 1. The van der Waals surface area contributed by atoms with Gasteiger partial charge in [0, 0.05) is 18.7 Å². The third kappa shape index (κ3) is 4.68. The van der Waals surface area contributed by atoms with Gasteiger partial charge in [-0.05, 0) is 57.5 Å². The van der Waals surface area contributed by atoms with E-state index in [1.165, 1.54) is 18.2 Å². The number of hydrogen-bond donors (Lipinski definition) is 3. The molecule has 1 aromatic rings. The number of hydrogen-bond acceptors (Lipinski definition) is 4. The van der Waals surface area contributed by atoms with E-state index in [2.05, 4.69) is 10.6 Å². The summed E-state index contributed by atoms with van der Waals surface area (Å²) in [4.78, 5) is 11.9. The highest BCUT2D eigenvalue weighted by molar-refractivity contribution is 5.86. The summed E-state index contributed by atoms with van der Waals surface area (Å²) in [7, 11) is 0. The van der Waals surface area contributed by atoms with Gasteiger partial charge in [0.2, 0.25) is 0 Å². The first-order valence-electron chi connectivity index (χ1n) is 7.38. The number of ether oxygens (including phenoxy) is 1. The zero-order chi connectivity index (χ0) is 16.4. The molecule has 0 bridgehead atoms. The molecule has 22 heavy (non-hydrogen) atoms. The molecule has 0 radical (unpaired) electrons. The second-order valence-electron chi connectivity index (χ2n) is 6.76. The average Bonchev–Trinajstić information content (AvgIpc) is 2.77. The Bertz CT molecular complexity index is 549. The minimum atomic E-state index is -0.918. The lowest BCUT2D eigenvalue weighted by molar-refractivity contribution is 0.0604. The fourth-order valence-electron chi connectivity index (χ4n) is 2.48.